The first kappa shape index (κ1) is 23.8. The van der Waals surface area contributed by atoms with Crippen molar-refractivity contribution >= 4 is 34.4 Å². The first-order valence-corrected chi connectivity index (χ1v) is 11.6. The van der Waals surface area contributed by atoms with Gasteiger partial charge in [-0.1, -0.05) is 18.2 Å². The minimum Gasteiger partial charge on any atom is -0.385 e. The van der Waals surface area contributed by atoms with Crippen molar-refractivity contribution in [2.45, 2.75) is 13.3 Å². The Morgan fingerprint density at radius 2 is 1.89 bits per heavy atom. The second-order valence-electron chi connectivity index (χ2n) is 8.57. The number of carbonyl (C=O) groups excluding carboxylic acids is 3. The number of ether oxygens (including phenoxy) is 1. The predicted octanol–water partition coefficient (Wildman–Crippen LogP) is 3.49. The molecule has 2 aromatic carbocycles. The second-order valence-corrected chi connectivity index (χ2v) is 8.57. The summed E-state index contributed by atoms with van der Waals surface area (Å²) in [6.07, 6.45) is 1.86. The van der Waals surface area contributed by atoms with Crippen molar-refractivity contribution in [1.29, 1.82) is 5.26 Å². The Balaban J connectivity index is 1.45. The van der Waals surface area contributed by atoms with E-state index in [1.807, 2.05) is 43.3 Å². The molecule has 0 atom stereocenters. The number of rotatable bonds is 7. The van der Waals surface area contributed by atoms with Crippen molar-refractivity contribution in [1.82, 2.24) is 19.7 Å². The van der Waals surface area contributed by atoms with E-state index in [-0.39, 0.29) is 34.6 Å². The number of amides is 3. The van der Waals surface area contributed by atoms with Crippen LogP contribution in [0.1, 0.15) is 48.6 Å². The van der Waals surface area contributed by atoms with Gasteiger partial charge in [0.1, 0.15) is 11.6 Å². The largest absolute Gasteiger partial charge is 0.385 e. The number of carbonyl (C=O) groups is 3. The molecule has 0 unspecified atom stereocenters. The van der Waals surface area contributed by atoms with Crippen LogP contribution in [0.2, 0.25) is 0 Å². The van der Waals surface area contributed by atoms with E-state index in [4.69, 9.17) is 4.74 Å². The van der Waals surface area contributed by atoms with E-state index in [1.165, 1.54) is 29.1 Å². The van der Waals surface area contributed by atoms with Crippen molar-refractivity contribution < 1.29 is 19.1 Å². The Kier molecular flexibility index (Phi) is 6.21. The van der Waals surface area contributed by atoms with Gasteiger partial charge in [-0.2, -0.15) is 15.0 Å². The van der Waals surface area contributed by atoms with Crippen LogP contribution in [0.4, 0.5) is 5.82 Å². The Morgan fingerprint density at radius 1 is 1.11 bits per heavy atom. The zero-order valence-electron chi connectivity index (χ0n) is 20.2. The fourth-order valence-electron chi connectivity index (χ4n) is 4.35. The number of hydrogen-bond acceptors (Lipinski definition) is 7. The topological polar surface area (TPSA) is 130 Å². The van der Waals surface area contributed by atoms with Crippen LogP contribution in [0.25, 0.3) is 16.7 Å². The quantitative estimate of drug-likeness (QED) is 0.307. The summed E-state index contributed by atoms with van der Waals surface area (Å²) in [5.41, 5.74) is 2.44. The van der Waals surface area contributed by atoms with Crippen molar-refractivity contribution in [3.8, 4) is 11.9 Å². The van der Waals surface area contributed by atoms with Crippen molar-refractivity contribution in [3.63, 3.8) is 0 Å². The Hall–Kier alpha value is -4.88. The van der Waals surface area contributed by atoms with Crippen molar-refractivity contribution in [2.75, 3.05) is 25.6 Å². The van der Waals surface area contributed by atoms with Crippen LogP contribution in [-0.2, 0) is 4.74 Å². The summed E-state index contributed by atoms with van der Waals surface area (Å²) in [5, 5.41) is 17.6. The number of para-hydroxylation sites is 1. The average molecular weight is 495 g/mol. The molecule has 0 saturated heterocycles. The lowest BCUT2D eigenvalue weighted by atomic mass is 10.1. The van der Waals surface area contributed by atoms with Crippen LogP contribution >= 0.6 is 0 Å². The highest BCUT2D eigenvalue weighted by Gasteiger charge is 2.35. The number of hydrogen-bond donors (Lipinski definition) is 1. The number of pyridine rings is 1. The zero-order chi connectivity index (χ0) is 26.1. The van der Waals surface area contributed by atoms with Gasteiger partial charge in [0.15, 0.2) is 11.6 Å². The summed E-state index contributed by atoms with van der Waals surface area (Å²) in [4.78, 5) is 44.5. The van der Waals surface area contributed by atoms with E-state index in [9.17, 15) is 19.6 Å². The molecule has 3 heterocycles. The van der Waals surface area contributed by atoms with Gasteiger partial charge in [-0.05, 0) is 49.2 Å². The number of methoxy groups -OCH3 is 1. The lowest BCUT2D eigenvalue weighted by molar-refractivity contribution is 0.0638. The number of anilines is 1. The maximum absolute atomic E-state index is 13.2. The first-order chi connectivity index (χ1) is 17.9. The summed E-state index contributed by atoms with van der Waals surface area (Å²) in [6.45, 7) is 2.59. The molecule has 1 aliphatic heterocycles. The Morgan fingerprint density at radius 3 is 2.68 bits per heavy atom. The Bertz CT molecular complexity index is 1620. The summed E-state index contributed by atoms with van der Waals surface area (Å²) in [7, 11) is 1.55. The van der Waals surface area contributed by atoms with Gasteiger partial charge in [-0.3, -0.25) is 19.3 Å². The molecule has 3 amide bonds. The first-order valence-electron chi connectivity index (χ1n) is 11.6. The highest BCUT2D eigenvalue weighted by Crippen LogP contribution is 2.27. The third-order valence-corrected chi connectivity index (χ3v) is 6.21. The van der Waals surface area contributed by atoms with Gasteiger partial charge in [-0.25, -0.2) is 4.98 Å². The van der Waals surface area contributed by atoms with Gasteiger partial charge in [0, 0.05) is 31.2 Å². The van der Waals surface area contributed by atoms with Crippen molar-refractivity contribution in [2.24, 2.45) is 0 Å². The molecule has 4 aromatic rings. The van der Waals surface area contributed by atoms with Crippen LogP contribution < -0.4 is 5.32 Å². The molecule has 0 fully saturated rings. The van der Waals surface area contributed by atoms with E-state index in [1.54, 1.807) is 7.11 Å². The maximum atomic E-state index is 13.2. The number of imide groups is 1. The van der Waals surface area contributed by atoms with Crippen molar-refractivity contribution in [3.05, 3.63) is 82.5 Å². The number of nitrogens with one attached hydrogen (secondary N) is 1. The molecule has 37 heavy (non-hydrogen) atoms. The number of fused-ring (bicyclic) bond motifs is 2. The smallest absolute Gasteiger partial charge is 0.261 e. The van der Waals surface area contributed by atoms with E-state index in [0.29, 0.717) is 18.8 Å². The standard InChI is InChI=1S/C27H22N6O4/c1-16-12-23(30-22-7-4-3-6-19(16)22)33-24(18(14-28)15-29-33)31-25(34)17-8-9-20-21(13-17)27(36)32(26(20)35)10-5-11-37-2/h3-4,6-9,12-13,15H,5,10-11H2,1-2H3,(H,31,34). The molecule has 10 heteroatoms. The molecule has 1 N–H and O–H groups in total. The molecule has 184 valence electrons. The van der Waals surface area contributed by atoms with E-state index in [0.717, 1.165) is 21.4 Å². The second kappa shape index (κ2) is 9.64. The molecule has 2 aromatic heterocycles. The Labute approximate surface area is 212 Å². The molecule has 0 spiro atoms. The van der Waals surface area contributed by atoms with Gasteiger partial charge in [0.25, 0.3) is 17.7 Å². The van der Waals surface area contributed by atoms with Gasteiger partial charge in [0.2, 0.25) is 0 Å². The van der Waals surface area contributed by atoms with Crippen LogP contribution in [0.3, 0.4) is 0 Å². The van der Waals surface area contributed by atoms with Crippen LogP contribution in [0, 0.1) is 18.3 Å². The van der Waals surface area contributed by atoms with Gasteiger partial charge in [-0.15, -0.1) is 0 Å². The normalized spacial score (nSPS) is 12.6. The lowest BCUT2D eigenvalue weighted by Gasteiger charge is -2.12. The number of aryl methyl sites for hydroxylation is 1. The van der Waals surface area contributed by atoms with Crippen LogP contribution in [0.15, 0.2) is 54.7 Å². The van der Waals surface area contributed by atoms with Crippen LogP contribution in [-0.4, -0.2) is 57.6 Å². The number of nitrogens with zero attached hydrogens (tertiary/aromatic N) is 5. The van der Waals surface area contributed by atoms with E-state index >= 15 is 0 Å². The molecular formula is C27H22N6O4. The SMILES string of the molecule is COCCCN1C(=O)c2ccc(C(=O)Nc3c(C#N)cnn3-c3cc(C)c4ccccc4n3)cc2C1=O. The summed E-state index contributed by atoms with van der Waals surface area (Å²) >= 11 is 0. The predicted molar refractivity (Wildman–Crippen MR) is 135 cm³/mol. The monoisotopic (exact) mass is 494 g/mol. The minimum atomic E-state index is -0.559. The zero-order valence-corrected chi connectivity index (χ0v) is 20.2. The molecule has 0 bridgehead atoms. The number of aromatic nitrogens is 3. The summed E-state index contributed by atoms with van der Waals surface area (Å²) in [5.74, 6) is -0.820. The summed E-state index contributed by atoms with van der Waals surface area (Å²) < 4.78 is 6.40. The van der Waals surface area contributed by atoms with Crippen LogP contribution in [0.5, 0.6) is 0 Å². The average Bonchev–Trinajstić information content (AvgIpc) is 3.42. The number of nitriles is 1. The molecule has 0 radical (unpaired) electrons. The van der Waals surface area contributed by atoms with Gasteiger partial charge < -0.3 is 10.1 Å². The van der Waals surface area contributed by atoms with E-state index < -0.39 is 17.7 Å². The minimum absolute atomic E-state index is 0.151. The van der Waals surface area contributed by atoms with Gasteiger partial charge in [0.05, 0.1) is 22.8 Å². The highest BCUT2D eigenvalue weighted by molar-refractivity contribution is 6.22. The molecule has 10 nitrogen and oxygen atoms in total. The third-order valence-electron chi connectivity index (χ3n) is 6.21. The molecule has 1 aliphatic rings. The fraction of sp³-hybridized carbons (Fsp3) is 0.185. The third kappa shape index (κ3) is 4.22. The molecule has 0 aliphatic carbocycles. The fourth-order valence-corrected chi connectivity index (χ4v) is 4.35. The highest BCUT2D eigenvalue weighted by atomic mass is 16.5. The van der Waals surface area contributed by atoms with Gasteiger partial charge >= 0.3 is 0 Å². The molecular weight excluding hydrogens is 472 g/mol. The lowest BCUT2D eigenvalue weighted by Crippen LogP contribution is -2.31. The summed E-state index contributed by atoms with van der Waals surface area (Å²) in [6, 6.07) is 15.8. The number of benzene rings is 2. The molecule has 0 saturated carbocycles. The molecule has 5 rings (SSSR count). The maximum Gasteiger partial charge on any atom is 0.261 e. The van der Waals surface area contributed by atoms with E-state index in [2.05, 4.69) is 15.4 Å².